The van der Waals surface area contributed by atoms with Gasteiger partial charge in [-0.1, -0.05) is 30.3 Å². The molecule has 0 bridgehead atoms. The Labute approximate surface area is 97.3 Å². The van der Waals surface area contributed by atoms with Crippen LogP contribution in [0.5, 0.6) is 0 Å². The maximum atomic E-state index is 11.4. The first-order chi connectivity index (χ1) is 8.15. The van der Waals surface area contributed by atoms with Gasteiger partial charge in [0, 0.05) is 0 Å². The minimum absolute atomic E-state index is 0.163. The molecular formula is C12H10O5. The van der Waals surface area contributed by atoms with E-state index in [4.69, 9.17) is 14.6 Å². The number of cyclic esters (lactones) is 1. The zero-order chi connectivity index (χ0) is 12.4. The fourth-order valence-corrected chi connectivity index (χ4v) is 1.71. The van der Waals surface area contributed by atoms with E-state index in [0.29, 0.717) is 5.56 Å². The van der Waals surface area contributed by atoms with E-state index >= 15 is 0 Å². The average Bonchev–Trinajstić information content (AvgIpc) is 2.67. The summed E-state index contributed by atoms with van der Waals surface area (Å²) < 4.78 is 9.78. The van der Waals surface area contributed by atoms with Crippen LogP contribution in [0.2, 0.25) is 0 Å². The molecule has 1 aliphatic rings. The van der Waals surface area contributed by atoms with Gasteiger partial charge < -0.3 is 14.6 Å². The molecule has 0 fully saturated rings. The molecule has 0 saturated heterocycles. The van der Waals surface area contributed by atoms with Crippen LogP contribution in [0.1, 0.15) is 11.7 Å². The Morgan fingerprint density at radius 3 is 2.53 bits per heavy atom. The largest absolute Gasteiger partial charge is 0.489 e. The van der Waals surface area contributed by atoms with Gasteiger partial charge in [0.25, 0.3) is 0 Å². The van der Waals surface area contributed by atoms with Crippen molar-refractivity contribution in [3.63, 3.8) is 0 Å². The predicted molar refractivity (Wildman–Crippen MR) is 56.9 cm³/mol. The molecular weight excluding hydrogens is 224 g/mol. The number of hydrogen-bond donors (Lipinski definition) is 1. The van der Waals surface area contributed by atoms with E-state index < -0.39 is 18.0 Å². The molecule has 1 aromatic rings. The number of carboxylic acids is 1. The number of benzene rings is 1. The second-order valence-corrected chi connectivity index (χ2v) is 3.45. The van der Waals surface area contributed by atoms with Crippen molar-refractivity contribution in [1.82, 2.24) is 0 Å². The van der Waals surface area contributed by atoms with E-state index in [0.717, 1.165) is 0 Å². The van der Waals surface area contributed by atoms with Crippen LogP contribution in [-0.4, -0.2) is 24.2 Å². The van der Waals surface area contributed by atoms with Gasteiger partial charge in [-0.15, -0.1) is 0 Å². The Kier molecular flexibility index (Phi) is 2.82. The third kappa shape index (κ3) is 1.87. The second kappa shape index (κ2) is 4.29. The van der Waals surface area contributed by atoms with Crippen LogP contribution in [0.25, 0.3) is 0 Å². The molecule has 1 aliphatic heterocycles. The zero-order valence-corrected chi connectivity index (χ0v) is 9.04. The van der Waals surface area contributed by atoms with Crippen LogP contribution in [0.15, 0.2) is 41.7 Å². The first-order valence-electron chi connectivity index (χ1n) is 4.92. The molecule has 0 amide bonds. The number of methoxy groups -OCH3 is 1. The number of carbonyl (C=O) groups excluding carboxylic acids is 1. The summed E-state index contributed by atoms with van der Waals surface area (Å²) in [6.45, 7) is 0. The molecule has 0 aromatic heterocycles. The van der Waals surface area contributed by atoms with Crippen molar-refractivity contribution in [1.29, 1.82) is 0 Å². The highest BCUT2D eigenvalue weighted by molar-refractivity contribution is 6.02. The lowest BCUT2D eigenvalue weighted by Gasteiger charge is -2.10. The van der Waals surface area contributed by atoms with Gasteiger partial charge in [-0.2, -0.15) is 0 Å². The second-order valence-electron chi connectivity index (χ2n) is 3.45. The molecule has 0 saturated carbocycles. The van der Waals surface area contributed by atoms with E-state index in [9.17, 15) is 9.59 Å². The Morgan fingerprint density at radius 1 is 1.35 bits per heavy atom. The summed E-state index contributed by atoms with van der Waals surface area (Å²) in [6, 6.07) is 8.67. The predicted octanol–water partition coefficient (Wildman–Crippen LogP) is 1.27. The van der Waals surface area contributed by atoms with Crippen molar-refractivity contribution in [3.05, 3.63) is 47.2 Å². The Balaban J connectivity index is 2.47. The van der Waals surface area contributed by atoms with Crippen molar-refractivity contribution in [2.45, 2.75) is 6.10 Å². The van der Waals surface area contributed by atoms with E-state index in [1.807, 2.05) is 0 Å². The molecule has 1 N–H and O–H groups in total. The van der Waals surface area contributed by atoms with Crippen LogP contribution >= 0.6 is 0 Å². The lowest BCUT2D eigenvalue weighted by molar-refractivity contribution is -0.143. The fraction of sp³-hybridized carbons (Fsp3) is 0.167. The van der Waals surface area contributed by atoms with Gasteiger partial charge in [0.15, 0.2) is 6.10 Å². The number of esters is 1. The van der Waals surface area contributed by atoms with Gasteiger partial charge >= 0.3 is 11.9 Å². The van der Waals surface area contributed by atoms with Crippen molar-refractivity contribution in [2.75, 3.05) is 7.11 Å². The van der Waals surface area contributed by atoms with E-state index in [1.54, 1.807) is 30.3 Å². The number of rotatable bonds is 3. The summed E-state index contributed by atoms with van der Waals surface area (Å²) >= 11 is 0. The van der Waals surface area contributed by atoms with Crippen LogP contribution in [0.3, 0.4) is 0 Å². The molecule has 0 spiro atoms. The molecule has 1 heterocycles. The molecule has 17 heavy (non-hydrogen) atoms. The summed E-state index contributed by atoms with van der Waals surface area (Å²) in [6.07, 6.45) is -0.906. The smallest absolute Gasteiger partial charge is 0.375 e. The maximum Gasteiger partial charge on any atom is 0.375 e. The van der Waals surface area contributed by atoms with Crippen LogP contribution in [0, 0.1) is 0 Å². The summed E-state index contributed by atoms with van der Waals surface area (Å²) in [5, 5.41) is 9.09. The molecule has 0 radical (unpaired) electrons. The van der Waals surface area contributed by atoms with Gasteiger partial charge in [0.1, 0.15) is 5.57 Å². The highest BCUT2D eigenvalue weighted by Gasteiger charge is 2.40. The van der Waals surface area contributed by atoms with Crippen LogP contribution < -0.4 is 0 Å². The topological polar surface area (TPSA) is 72.8 Å². The van der Waals surface area contributed by atoms with Crippen molar-refractivity contribution in [3.8, 4) is 0 Å². The average molecular weight is 234 g/mol. The van der Waals surface area contributed by atoms with Gasteiger partial charge in [0.05, 0.1) is 7.11 Å². The highest BCUT2D eigenvalue weighted by Crippen LogP contribution is 2.35. The number of hydrogen-bond acceptors (Lipinski definition) is 4. The summed E-state index contributed by atoms with van der Waals surface area (Å²) in [5.74, 6) is -2.22. The fourth-order valence-electron chi connectivity index (χ4n) is 1.71. The van der Waals surface area contributed by atoms with Gasteiger partial charge in [-0.25, -0.2) is 9.59 Å². The maximum absolute atomic E-state index is 11.4. The Hall–Kier alpha value is -2.30. The van der Waals surface area contributed by atoms with E-state index in [2.05, 4.69) is 0 Å². The summed E-state index contributed by atoms with van der Waals surface area (Å²) in [5.41, 5.74) is 0.439. The molecule has 5 nitrogen and oxygen atoms in total. The minimum Gasteiger partial charge on any atom is -0.489 e. The standard InChI is InChI=1S/C12H10O5/c1-16-10-8(11(13)14)9(17-12(10)15)7-5-3-2-4-6-7/h2-6,9H,1H3,(H,13,14). The Morgan fingerprint density at radius 2 is 2.00 bits per heavy atom. The first kappa shape index (κ1) is 11.2. The van der Waals surface area contributed by atoms with Crippen LogP contribution in [0.4, 0.5) is 0 Å². The van der Waals surface area contributed by atoms with Gasteiger partial charge in [-0.3, -0.25) is 0 Å². The normalized spacial score (nSPS) is 19.1. The van der Waals surface area contributed by atoms with E-state index in [-0.39, 0.29) is 11.3 Å². The van der Waals surface area contributed by atoms with Crippen molar-refractivity contribution >= 4 is 11.9 Å². The Bertz CT molecular complexity index is 489. The highest BCUT2D eigenvalue weighted by atomic mass is 16.6. The molecule has 5 heteroatoms. The minimum atomic E-state index is -1.22. The quantitative estimate of drug-likeness (QED) is 0.797. The number of aliphatic carboxylic acids is 1. The lowest BCUT2D eigenvalue weighted by atomic mass is 10.0. The number of carboxylic acid groups (broad SMARTS) is 1. The van der Waals surface area contributed by atoms with E-state index in [1.165, 1.54) is 7.11 Å². The third-order valence-corrected chi connectivity index (χ3v) is 2.45. The molecule has 1 unspecified atom stereocenters. The zero-order valence-electron chi connectivity index (χ0n) is 9.04. The van der Waals surface area contributed by atoms with Gasteiger partial charge in [-0.05, 0) is 5.56 Å². The first-order valence-corrected chi connectivity index (χ1v) is 4.92. The molecule has 1 atom stereocenters. The van der Waals surface area contributed by atoms with Gasteiger partial charge in [0.2, 0.25) is 5.76 Å². The molecule has 2 rings (SSSR count). The third-order valence-electron chi connectivity index (χ3n) is 2.45. The molecule has 1 aromatic carbocycles. The van der Waals surface area contributed by atoms with Crippen LogP contribution in [-0.2, 0) is 19.1 Å². The lowest BCUT2D eigenvalue weighted by Crippen LogP contribution is -2.10. The van der Waals surface area contributed by atoms with Crippen molar-refractivity contribution in [2.24, 2.45) is 0 Å². The monoisotopic (exact) mass is 234 g/mol. The van der Waals surface area contributed by atoms with Crippen molar-refractivity contribution < 1.29 is 24.2 Å². The number of ether oxygens (including phenoxy) is 2. The summed E-state index contributed by atoms with van der Waals surface area (Å²) in [7, 11) is 1.24. The summed E-state index contributed by atoms with van der Waals surface area (Å²) in [4.78, 5) is 22.6. The SMILES string of the molecule is COC1=C(C(=O)O)C(c2ccccc2)OC1=O. The number of carbonyl (C=O) groups is 2. The molecule has 88 valence electrons. The molecule has 0 aliphatic carbocycles.